The monoisotopic (exact) mass is 416 g/mol. The van der Waals surface area contributed by atoms with Crippen molar-refractivity contribution < 1.29 is 4.79 Å². The van der Waals surface area contributed by atoms with Gasteiger partial charge in [-0.05, 0) is 84.9 Å². The van der Waals surface area contributed by atoms with E-state index in [0.29, 0.717) is 5.92 Å². The van der Waals surface area contributed by atoms with Gasteiger partial charge in [-0.2, -0.15) is 0 Å². The van der Waals surface area contributed by atoms with E-state index in [1.165, 1.54) is 40.7 Å². The van der Waals surface area contributed by atoms with Crippen molar-refractivity contribution in [2.24, 2.45) is 10.4 Å². The van der Waals surface area contributed by atoms with E-state index in [1.54, 1.807) is 11.8 Å². The molecule has 1 unspecified atom stereocenters. The predicted molar refractivity (Wildman–Crippen MR) is 123 cm³/mol. The lowest BCUT2D eigenvalue weighted by Crippen LogP contribution is -2.49. The van der Waals surface area contributed by atoms with Gasteiger partial charge in [0.25, 0.3) is 5.91 Å². The molecule has 0 radical (unpaired) electrons. The highest BCUT2D eigenvalue weighted by atomic mass is 32.2. The Morgan fingerprint density at radius 3 is 2.33 bits per heavy atom. The van der Waals surface area contributed by atoms with Gasteiger partial charge in [0.1, 0.15) is 0 Å². The van der Waals surface area contributed by atoms with E-state index in [9.17, 15) is 4.79 Å². The van der Waals surface area contributed by atoms with Gasteiger partial charge in [-0.1, -0.05) is 54.2 Å². The summed E-state index contributed by atoms with van der Waals surface area (Å²) < 4.78 is 0. The van der Waals surface area contributed by atoms with Gasteiger partial charge in [-0.3, -0.25) is 9.69 Å². The Bertz CT molecular complexity index is 1060. The SMILES string of the molecule is CSC1=NC2(C(=O)N1C)c1cc(C3CC3)ccc1CC21CCc2ccccc2CC1. The van der Waals surface area contributed by atoms with Crippen LogP contribution in [0, 0.1) is 5.41 Å². The normalized spacial score (nSPS) is 26.7. The maximum Gasteiger partial charge on any atom is 0.261 e. The smallest absolute Gasteiger partial charge is 0.261 e. The van der Waals surface area contributed by atoms with Gasteiger partial charge in [0, 0.05) is 12.5 Å². The highest BCUT2D eigenvalue weighted by molar-refractivity contribution is 8.13. The number of benzene rings is 2. The molecule has 1 fully saturated rings. The number of fused-ring (bicyclic) bond motifs is 4. The fraction of sp³-hybridized carbons (Fsp3) is 0.462. The van der Waals surface area contributed by atoms with Crippen LogP contribution >= 0.6 is 11.8 Å². The Hall–Kier alpha value is -2.07. The number of amides is 1. The van der Waals surface area contributed by atoms with Gasteiger partial charge in [-0.15, -0.1) is 0 Å². The van der Waals surface area contributed by atoms with Gasteiger partial charge in [0.05, 0.1) is 0 Å². The number of carbonyl (C=O) groups excluding carboxylic acids is 1. The summed E-state index contributed by atoms with van der Waals surface area (Å²) in [7, 11) is 1.91. The zero-order valence-corrected chi connectivity index (χ0v) is 18.6. The number of aliphatic imine (C=N–C) groups is 1. The van der Waals surface area contributed by atoms with Crippen LogP contribution in [-0.4, -0.2) is 29.3 Å². The Labute approximate surface area is 183 Å². The molecule has 1 amide bonds. The largest absolute Gasteiger partial charge is 0.292 e. The minimum Gasteiger partial charge on any atom is -0.292 e. The van der Waals surface area contributed by atoms with E-state index in [-0.39, 0.29) is 11.3 Å². The van der Waals surface area contributed by atoms with E-state index in [4.69, 9.17) is 4.99 Å². The van der Waals surface area contributed by atoms with E-state index in [2.05, 4.69) is 42.5 Å². The first-order valence-electron chi connectivity index (χ1n) is 11.2. The van der Waals surface area contributed by atoms with Gasteiger partial charge < -0.3 is 0 Å². The molecule has 0 aromatic heterocycles. The number of amidine groups is 1. The number of rotatable bonds is 1. The van der Waals surface area contributed by atoms with Crippen LogP contribution in [0.3, 0.4) is 0 Å². The lowest BCUT2D eigenvalue weighted by atomic mass is 9.65. The molecule has 0 N–H and O–H groups in total. The maximum atomic E-state index is 14.0. The third-order valence-corrected chi connectivity index (χ3v) is 8.81. The number of hydrogen-bond donors (Lipinski definition) is 0. The molecule has 2 aromatic rings. The van der Waals surface area contributed by atoms with Gasteiger partial charge in [0.15, 0.2) is 10.7 Å². The summed E-state index contributed by atoms with van der Waals surface area (Å²) in [4.78, 5) is 21.1. The molecular formula is C26H28N2OS. The van der Waals surface area contributed by atoms with E-state index in [0.717, 1.165) is 37.3 Å². The molecule has 2 spiro atoms. The van der Waals surface area contributed by atoms with Crippen LogP contribution in [0.1, 0.15) is 59.4 Å². The molecular weight excluding hydrogens is 388 g/mol. The average Bonchev–Trinajstić information content (AvgIpc) is 3.56. The number of likely N-dealkylation sites (N-methyl/N-ethyl adjacent to an activating group) is 1. The summed E-state index contributed by atoms with van der Waals surface area (Å²) in [5.74, 6) is 0.866. The van der Waals surface area contributed by atoms with Gasteiger partial charge in [0.2, 0.25) is 0 Å². The standard InChI is InChI=1S/C26H28N2OS/c1-28-23(29)26(27-24(28)30-2)22-15-20(19-7-8-19)9-10-21(22)16-25(26)13-11-17-5-3-4-6-18(17)12-14-25/h3-6,9-10,15,19H,7-8,11-14,16H2,1-2H3. The van der Waals surface area contributed by atoms with Crippen molar-refractivity contribution in [1.29, 1.82) is 0 Å². The predicted octanol–water partition coefficient (Wildman–Crippen LogP) is 5.07. The molecule has 4 aliphatic rings. The molecule has 6 rings (SSSR count). The zero-order chi connectivity index (χ0) is 20.5. The molecule has 1 aliphatic heterocycles. The maximum absolute atomic E-state index is 14.0. The Balaban J connectivity index is 1.53. The number of hydrogen-bond acceptors (Lipinski definition) is 3. The second kappa shape index (κ2) is 6.46. The average molecular weight is 417 g/mol. The van der Waals surface area contributed by atoms with Crippen LogP contribution in [-0.2, 0) is 29.6 Å². The molecule has 3 aliphatic carbocycles. The number of nitrogens with zero attached hydrogens (tertiary/aromatic N) is 2. The van der Waals surface area contributed by atoms with Gasteiger partial charge in [-0.25, -0.2) is 4.99 Å². The molecule has 1 saturated carbocycles. The topological polar surface area (TPSA) is 32.7 Å². The first-order valence-corrected chi connectivity index (χ1v) is 12.4. The summed E-state index contributed by atoms with van der Waals surface area (Å²) in [6, 6.07) is 15.8. The number of aryl methyl sites for hydroxylation is 2. The van der Waals surface area contributed by atoms with Crippen molar-refractivity contribution in [2.45, 2.75) is 56.4 Å². The highest BCUT2D eigenvalue weighted by Gasteiger charge is 2.65. The van der Waals surface area contributed by atoms with Crippen molar-refractivity contribution in [3.63, 3.8) is 0 Å². The van der Waals surface area contributed by atoms with E-state index in [1.807, 2.05) is 18.2 Å². The summed E-state index contributed by atoms with van der Waals surface area (Å²) in [6.07, 6.45) is 9.65. The van der Waals surface area contributed by atoms with Crippen LogP contribution in [0.15, 0.2) is 47.5 Å². The lowest BCUT2D eigenvalue weighted by Gasteiger charge is -2.40. The van der Waals surface area contributed by atoms with Gasteiger partial charge >= 0.3 is 0 Å². The Morgan fingerprint density at radius 2 is 1.73 bits per heavy atom. The number of thioether (sulfide) groups is 1. The fourth-order valence-electron chi connectivity index (χ4n) is 6.29. The fourth-order valence-corrected chi connectivity index (χ4v) is 6.87. The van der Waals surface area contributed by atoms with Crippen molar-refractivity contribution in [1.82, 2.24) is 4.90 Å². The Kier molecular flexibility index (Phi) is 4.02. The molecule has 1 atom stereocenters. The van der Waals surface area contributed by atoms with Crippen LogP contribution < -0.4 is 0 Å². The summed E-state index contributed by atoms with van der Waals surface area (Å²) in [6.45, 7) is 0. The van der Waals surface area contributed by atoms with Crippen LogP contribution in [0.25, 0.3) is 0 Å². The molecule has 0 bridgehead atoms. The molecule has 4 heteroatoms. The third-order valence-electron chi connectivity index (χ3n) is 8.08. The quantitative estimate of drug-likeness (QED) is 0.650. The second-order valence-electron chi connectivity index (χ2n) is 9.59. The molecule has 1 heterocycles. The van der Waals surface area contributed by atoms with Crippen molar-refractivity contribution in [3.05, 3.63) is 70.3 Å². The molecule has 2 aromatic carbocycles. The summed E-state index contributed by atoms with van der Waals surface area (Å²) in [5, 5.41) is 0.866. The zero-order valence-electron chi connectivity index (χ0n) is 17.8. The van der Waals surface area contributed by atoms with E-state index >= 15 is 0 Å². The highest BCUT2D eigenvalue weighted by Crippen LogP contribution is 2.61. The first kappa shape index (κ1) is 18.7. The van der Waals surface area contributed by atoms with Crippen molar-refractivity contribution >= 4 is 22.8 Å². The second-order valence-corrected chi connectivity index (χ2v) is 10.4. The summed E-state index contributed by atoms with van der Waals surface area (Å²) >= 11 is 1.60. The van der Waals surface area contributed by atoms with Crippen LogP contribution in [0.4, 0.5) is 0 Å². The third kappa shape index (κ3) is 2.40. The van der Waals surface area contributed by atoms with Crippen molar-refractivity contribution in [2.75, 3.05) is 13.3 Å². The van der Waals surface area contributed by atoms with Crippen LogP contribution in [0.2, 0.25) is 0 Å². The van der Waals surface area contributed by atoms with Crippen molar-refractivity contribution in [3.8, 4) is 0 Å². The molecule has 154 valence electrons. The Morgan fingerprint density at radius 1 is 1.03 bits per heavy atom. The molecule has 0 saturated heterocycles. The molecule has 3 nitrogen and oxygen atoms in total. The lowest BCUT2D eigenvalue weighted by molar-refractivity contribution is -0.135. The first-order chi connectivity index (χ1) is 14.6. The minimum atomic E-state index is -0.748. The number of carbonyl (C=O) groups is 1. The van der Waals surface area contributed by atoms with Crippen LogP contribution in [0.5, 0.6) is 0 Å². The van der Waals surface area contributed by atoms with E-state index < -0.39 is 5.54 Å². The minimum absolute atomic E-state index is 0.140. The molecule has 30 heavy (non-hydrogen) atoms. The summed E-state index contributed by atoms with van der Waals surface area (Å²) in [5.41, 5.74) is 5.98.